The fourth-order valence-electron chi connectivity index (χ4n) is 3.78. The summed E-state index contributed by atoms with van der Waals surface area (Å²) in [4.78, 5) is 0. The second kappa shape index (κ2) is 8.90. The number of anilines is 1. The van der Waals surface area contributed by atoms with Gasteiger partial charge in [-0.05, 0) is 77.3 Å². The van der Waals surface area contributed by atoms with Gasteiger partial charge in [-0.3, -0.25) is 0 Å². The smallest absolute Gasteiger partial charge is 0.0367 e. The van der Waals surface area contributed by atoms with Gasteiger partial charge in [0.2, 0.25) is 0 Å². The molecular formula is C26H31N. The van der Waals surface area contributed by atoms with E-state index in [-0.39, 0.29) is 0 Å². The third-order valence-electron chi connectivity index (χ3n) is 5.37. The van der Waals surface area contributed by atoms with Crippen LogP contribution in [-0.4, -0.2) is 7.05 Å². The highest BCUT2D eigenvalue weighted by atomic mass is 14.8. The van der Waals surface area contributed by atoms with Crippen molar-refractivity contribution in [2.24, 2.45) is 0 Å². The van der Waals surface area contributed by atoms with Crippen molar-refractivity contribution >= 4 is 5.69 Å². The van der Waals surface area contributed by atoms with Crippen molar-refractivity contribution in [3.8, 4) is 11.1 Å². The van der Waals surface area contributed by atoms with E-state index >= 15 is 0 Å². The van der Waals surface area contributed by atoms with Gasteiger partial charge in [0.25, 0.3) is 0 Å². The van der Waals surface area contributed by atoms with Crippen LogP contribution in [0.1, 0.15) is 48.1 Å². The maximum absolute atomic E-state index is 3.23. The van der Waals surface area contributed by atoms with Crippen LogP contribution in [0.3, 0.4) is 0 Å². The van der Waals surface area contributed by atoms with Crippen LogP contribution in [-0.2, 0) is 19.3 Å². The molecule has 1 heteroatoms. The molecule has 0 heterocycles. The maximum atomic E-state index is 3.23. The molecule has 0 saturated carbocycles. The Morgan fingerprint density at radius 1 is 0.741 bits per heavy atom. The minimum absolute atomic E-state index is 1.01. The summed E-state index contributed by atoms with van der Waals surface area (Å²) in [7, 11) is 1.97. The first-order chi connectivity index (χ1) is 13.1. The first kappa shape index (κ1) is 19.2. The molecule has 0 amide bonds. The summed E-state index contributed by atoms with van der Waals surface area (Å²) >= 11 is 0. The van der Waals surface area contributed by atoms with E-state index in [1.807, 2.05) is 7.05 Å². The number of hydrogen-bond acceptors (Lipinski definition) is 1. The zero-order chi connectivity index (χ0) is 19.2. The second-order valence-electron chi connectivity index (χ2n) is 7.36. The highest BCUT2D eigenvalue weighted by Gasteiger charge is 2.06. The van der Waals surface area contributed by atoms with Gasteiger partial charge in [-0.15, -0.1) is 0 Å². The van der Waals surface area contributed by atoms with Crippen molar-refractivity contribution < 1.29 is 0 Å². The van der Waals surface area contributed by atoms with Gasteiger partial charge < -0.3 is 5.32 Å². The Morgan fingerprint density at radius 3 is 2.07 bits per heavy atom. The van der Waals surface area contributed by atoms with Crippen LogP contribution in [0.5, 0.6) is 0 Å². The lowest BCUT2D eigenvalue weighted by Gasteiger charge is -2.12. The summed E-state index contributed by atoms with van der Waals surface area (Å²) < 4.78 is 0. The zero-order valence-electron chi connectivity index (χ0n) is 17.1. The molecule has 0 spiro atoms. The third-order valence-corrected chi connectivity index (χ3v) is 5.37. The monoisotopic (exact) mass is 357 g/mol. The molecule has 3 aromatic rings. The summed E-state index contributed by atoms with van der Waals surface area (Å²) in [6, 6.07) is 22.7. The Hall–Kier alpha value is -2.54. The van der Waals surface area contributed by atoms with Crippen LogP contribution in [0.4, 0.5) is 5.69 Å². The lowest BCUT2D eigenvalue weighted by atomic mass is 9.94. The van der Waals surface area contributed by atoms with E-state index in [4.69, 9.17) is 0 Å². The normalized spacial score (nSPS) is 10.8. The fourth-order valence-corrected chi connectivity index (χ4v) is 3.78. The fraction of sp³-hybridized carbons (Fsp3) is 0.308. The molecule has 0 atom stereocenters. The number of hydrogen-bond donors (Lipinski definition) is 1. The van der Waals surface area contributed by atoms with E-state index in [0.717, 1.165) is 12.8 Å². The molecule has 0 aromatic heterocycles. The van der Waals surface area contributed by atoms with Crippen LogP contribution >= 0.6 is 0 Å². The number of benzene rings is 3. The Kier molecular flexibility index (Phi) is 6.34. The molecule has 27 heavy (non-hydrogen) atoms. The first-order valence-corrected chi connectivity index (χ1v) is 10.1. The molecule has 0 fully saturated rings. The Balaban J connectivity index is 1.79. The summed E-state index contributed by atoms with van der Waals surface area (Å²) in [5.41, 5.74) is 10.8. The summed E-state index contributed by atoms with van der Waals surface area (Å²) in [6.07, 6.45) is 4.49. The van der Waals surface area contributed by atoms with Gasteiger partial charge in [0.1, 0.15) is 0 Å². The van der Waals surface area contributed by atoms with E-state index in [1.165, 1.54) is 57.5 Å². The van der Waals surface area contributed by atoms with Gasteiger partial charge in [0, 0.05) is 12.7 Å². The van der Waals surface area contributed by atoms with Gasteiger partial charge in [-0.2, -0.15) is 0 Å². The SMILES string of the molecule is CCCc1ccc(Cc2ccc(-c3ccc(NC)c(C)c3)cc2)c(CC)c1. The Morgan fingerprint density at radius 2 is 1.44 bits per heavy atom. The molecule has 3 aromatic carbocycles. The lowest BCUT2D eigenvalue weighted by Crippen LogP contribution is -1.97. The summed E-state index contributed by atoms with van der Waals surface area (Å²) in [6.45, 7) is 6.65. The van der Waals surface area contributed by atoms with Crippen LogP contribution in [0.25, 0.3) is 11.1 Å². The van der Waals surface area contributed by atoms with E-state index in [9.17, 15) is 0 Å². The average molecular weight is 358 g/mol. The predicted molar refractivity (Wildman–Crippen MR) is 119 cm³/mol. The lowest BCUT2D eigenvalue weighted by molar-refractivity contribution is 0.913. The third kappa shape index (κ3) is 4.60. The van der Waals surface area contributed by atoms with Gasteiger partial charge >= 0.3 is 0 Å². The average Bonchev–Trinajstić information content (AvgIpc) is 2.70. The van der Waals surface area contributed by atoms with Gasteiger partial charge in [-0.25, -0.2) is 0 Å². The molecule has 0 aliphatic heterocycles. The summed E-state index contributed by atoms with van der Waals surface area (Å²) in [5, 5.41) is 3.23. The quantitative estimate of drug-likeness (QED) is 0.490. The number of aryl methyl sites for hydroxylation is 3. The molecule has 0 unspecified atom stereocenters. The predicted octanol–water partition coefficient (Wildman–Crippen LogP) is 6.81. The molecule has 0 bridgehead atoms. The van der Waals surface area contributed by atoms with Crippen molar-refractivity contribution in [2.75, 3.05) is 12.4 Å². The minimum atomic E-state index is 1.01. The highest BCUT2D eigenvalue weighted by molar-refractivity contribution is 5.68. The minimum Gasteiger partial charge on any atom is -0.388 e. The standard InChI is InChI=1S/C26H31N/c1-5-7-20-10-13-25(22(6-2)17-20)18-21-8-11-23(12-9-21)24-14-15-26(27-4)19(3)16-24/h8-17,27H,5-7,18H2,1-4H3. The maximum Gasteiger partial charge on any atom is 0.0367 e. The molecule has 1 nitrogen and oxygen atoms in total. The van der Waals surface area contributed by atoms with E-state index in [2.05, 4.69) is 86.8 Å². The molecule has 0 radical (unpaired) electrons. The van der Waals surface area contributed by atoms with Crippen molar-refractivity contribution in [3.63, 3.8) is 0 Å². The second-order valence-corrected chi connectivity index (χ2v) is 7.36. The van der Waals surface area contributed by atoms with E-state index in [1.54, 1.807) is 0 Å². The van der Waals surface area contributed by atoms with Crippen LogP contribution < -0.4 is 5.32 Å². The molecule has 140 valence electrons. The van der Waals surface area contributed by atoms with E-state index in [0.29, 0.717) is 0 Å². The first-order valence-electron chi connectivity index (χ1n) is 10.1. The molecule has 0 aliphatic carbocycles. The Bertz CT molecular complexity index is 891. The molecule has 3 rings (SSSR count). The van der Waals surface area contributed by atoms with Crippen molar-refractivity contribution in [2.45, 2.75) is 46.5 Å². The van der Waals surface area contributed by atoms with Gasteiger partial charge in [0.05, 0.1) is 0 Å². The Labute approximate surface area is 164 Å². The van der Waals surface area contributed by atoms with Crippen molar-refractivity contribution in [3.05, 3.63) is 88.5 Å². The number of rotatable bonds is 7. The number of nitrogens with one attached hydrogen (secondary N) is 1. The van der Waals surface area contributed by atoms with Crippen LogP contribution in [0.2, 0.25) is 0 Å². The molecular weight excluding hydrogens is 326 g/mol. The highest BCUT2D eigenvalue weighted by Crippen LogP contribution is 2.26. The van der Waals surface area contributed by atoms with Crippen LogP contribution in [0.15, 0.2) is 60.7 Å². The van der Waals surface area contributed by atoms with E-state index < -0.39 is 0 Å². The molecule has 0 aliphatic rings. The molecule has 0 saturated heterocycles. The largest absolute Gasteiger partial charge is 0.388 e. The zero-order valence-corrected chi connectivity index (χ0v) is 17.1. The van der Waals surface area contributed by atoms with Crippen molar-refractivity contribution in [1.29, 1.82) is 0 Å². The molecule has 1 N–H and O–H groups in total. The van der Waals surface area contributed by atoms with Crippen LogP contribution in [0, 0.1) is 6.92 Å². The van der Waals surface area contributed by atoms with Crippen molar-refractivity contribution in [1.82, 2.24) is 0 Å². The summed E-state index contributed by atoms with van der Waals surface area (Å²) in [5.74, 6) is 0. The topological polar surface area (TPSA) is 12.0 Å². The van der Waals surface area contributed by atoms with Gasteiger partial charge in [0.15, 0.2) is 0 Å². The van der Waals surface area contributed by atoms with Gasteiger partial charge in [-0.1, -0.05) is 68.8 Å².